The smallest absolute Gasteiger partial charge is 0.231 e. The number of aromatic nitrogens is 2. The molecule has 0 unspecified atom stereocenters. The van der Waals surface area contributed by atoms with E-state index in [0.717, 1.165) is 5.56 Å². The Balaban J connectivity index is 1.66. The number of hydrogen-bond acceptors (Lipinski definition) is 5. The zero-order valence-electron chi connectivity index (χ0n) is 12.3. The molecular weight excluding hydrogens is 282 g/mol. The van der Waals surface area contributed by atoms with Gasteiger partial charge in [-0.2, -0.15) is 0 Å². The van der Waals surface area contributed by atoms with Gasteiger partial charge in [0, 0.05) is 17.7 Å². The second kappa shape index (κ2) is 5.85. The van der Waals surface area contributed by atoms with E-state index in [-0.39, 0.29) is 12.3 Å². The number of nitrogens with zero attached hydrogens (tertiary/aromatic N) is 2. The lowest BCUT2D eigenvalue weighted by Crippen LogP contribution is -2.14. The molecule has 0 saturated carbocycles. The van der Waals surface area contributed by atoms with E-state index >= 15 is 0 Å². The molecule has 0 atom stereocenters. The normalized spacial score (nSPS) is 10.6. The number of amides is 1. The van der Waals surface area contributed by atoms with Gasteiger partial charge in [0.25, 0.3) is 0 Å². The van der Waals surface area contributed by atoms with E-state index in [9.17, 15) is 4.79 Å². The Kier molecular flexibility index (Phi) is 3.74. The van der Waals surface area contributed by atoms with Crippen molar-refractivity contribution >= 4 is 11.7 Å². The lowest BCUT2D eigenvalue weighted by Gasteiger charge is -1.97. The van der Waals surface area contributed by atoms with E-state index in [1.165, 1.54) is 5.56 Å². The van der Waals surface area contributed by atoms with Crippen molar-refractivity contribution in [2.24, 2.45) is 0 Å². The first kappa shape index (κ1) is 14.1. The number of nitrogens with one attached hydrogen (secondary N) is 1. The van der Waals surface area contributed by atoms with Gasteiger partial charge >= 0.3 is 0 Å². The maximum Gasteiger partial charge on any atom is 0.231 e. The van der Waals surface area contributed by atoms with Crippen molar-refractivity contribution in [3.05, 3.63) is 53.4 Å². The van der Waals surface area contributed by atoms with Crippen LogP contribution in [-0.4, -0.2) is 16.2 Å². The zero-order chi connectivity index (χ0) is 15.5. The van der Waals surface area contributed by atoms with E-state index < -0.39 is 0 Å². The predicted octanol–water partition coefficient (Wildman–Crippen LogP) is 3.13. The number of benzene rings is 1. The van der Waals surface area contributed by atoms with Crippen molar-refractivity contribution in [1.82, 2.24) is 10.3 Å². The van der Waals surface area contributed by atoms with Gasteiger partial charge in [-0.25, -0.2) is 0 Å². The summed E-state index contributed by atoms with van der Waals surface area (Å²) in [6.45, 7) is 3.78. The highest BCUT2D eigenvalue weighted by Crippen LogP contribution is 2.21. The maximum absolute atomic E-state index is 11.9. The van der Waals surface area contributed by atoms with Crippen LogP contribution in [0.25, 0.3) is 11.3 Å². The molecule has 1 amide bonds. The molecule has 0 aliphatic rings. The van der Waals surface area contributed by atoms with Gasteiger partial charge in [-0.1, -0.05) is 40.1 Å². The van der Waals surface area contributed by atoms with E-state index in [1.807, 2.05) is 31.2 Å². The summed E-state index contributed by atoms with van der Waals surface area (Å²) in [7, 11) is 0. The standard InChI is InChI=1S/C16H15N3O3/c1-10-3-5-12(6-4-10)14-8-13(18-22-14)9-16(20)17-15-7-11(2)21-19-15/h3-8H,9H2,1-2H3,(H,17,19,20). The van der Waals surface area contributed by atoms with Gasteiger partial charge in [-0.3, -0.25) is 4.79 Å². The van der Waals surface area contributed by atoms with Crippen LogP contribution in [0.5, 0.6) is 0 Å². The lowest BCUT2D eigenvalue weighted by atomic mass is 10.1. The molecule has 0 radical (unpaired) electrons. The Morgan fingerprint density at radius 2 is 1.86 bits per heavy atom. The van der Waals surface area contributed by atoms with Gasteiger partial charge < -0.3 is 14.4 Å². The van der Waals surface area contributed by atoms with Gasteiger partial charge in [-0.05, 0) is 13.8 Å². The molecule has 0 bridgehead atoms. The molecule has 6 nitrogen and oxygen atoms in total. The second-order valence-corrected chi connectivity index (χ2v) is 5.10. The minimum Gasteiger partial charge on any atom is -0.360 e. The number of hydrogen-bond donors (Lipinski definition) is 1. The summed E-state index contributed by atoms with van der Waals surface area (Å²) >= 11 is 0. The van der Waals surface area contributed by atoms with E-state index in [4.69, 9.17) is 9.05 Å². The summed E-state index contributed by atoms with van der Waals surface area (Å²) in [5, 5.41) is 10.3. The average molecular weight is 297 g/mol. The maximum atomic E-state index is 11.9. The minimum atomic E-state index is -0.225. The van der Waals surface area contributed by atoms with Gasteiger partial charge in [0.1, 0.15) is 5.76 Å². The van der Waals surface area contributed by atoms with Crippen LogP contribution in [0.3, 0.4) is 0 Å². The van der Waals surface area contributed by atoms with Crippen molar-refractivity contribution in [2.75, 3.05) is 5.32 Å². The molecule has 0 fully saturated rings. The summed E-state index contributed by atoms with van der Waals surface area (Å²) in [6, 6.07) is 11.3. The van der Waals surface area contributed by atoms with Crippen LogP contribution in [0.15, 0.2) is 45.4 Å². The van der Waals surface area contributed by atoms with E-state index in [0.29, 0.717) is 23.0 Å². The number of aryl methyl sites for hydroxylation is 2. The first-order valence-corrected chi connectivity index (χ1v) is 6.86. The Morgan fingerprint density at radius 3 is 2.55 bits per heavy atom. The molecule has 0 saturated heterocycles. The molecule has 6 heteroatoms. The number of carbonyl (C=O) groups is 1. The Morgan fingerprint density at radius 1 is 1.09 bits per heavy atom. The fraction of sp³-hybridized carbons (Fsp3) is 0.188. The summed E-state index contributed by atoms with van der Waals surface area (Å²) in [4.78, 5) is 11.9. The highest BCUT2D eigenvalue weighted by atomic mass is 16.5. The Bertz CT molecular complexity index is 787. The van der Waals surface area contributed by atoms with Crippen LogP contribution in [0.4, 0.5) is 5.82 Å². The van der Waals surface area contributed by atoms with Crippen molar-refractivity contribution in [1.29, 1.82) is 0 Å². The molecule has 1 N–H and O–H groups in total. The van der Waals surface area contributed by atoms with Crippen molar-refractivity contribution in [3.63, 3.8) is 0 Å². The SMILES string of the molecule is Cc1ccc(-c2cc(CC(=O)Nc3cc(C)on3)no2)cc1. The summed E-state index contributed by atoms with van der Waals surface area (Å²) in [6.07, 6.45) is 0.112. The van der Waals surface area contributed by atoms with E-state index in [2.05, 4.69) is 15.6 Å². The number of anilines is 1. The lowest BCUT2D eigenvalue weighted by molar-refractivity contribution is -0.115. The van der Waals surface area contributed by atoms with Crippen LogP contribution in [0.1, 0.15) is 17.0 Å². The van der Waals surface area contributed by atoms with Crippen LogP contribution in [-0.2, 0) is 11.2 Å². The van der Waals surface area contributed by atoms with Crippen LogP contribution >= 0.6 is 0 Å². The van der Waals surface area contributed by atoms with Crippen molar-refractivity contribution in [3.8, 4) is 11.3 Å². The molecule has 0 aliphatic heterocycles. The highest BCUT2D eigenvalue weighted by Gasteiger charge is 2.12. The monoisotopic (exact) mass is 297 g/mol. The van der Waals surface area contributed by atoms with Gasteiger partial charge in [0.05, 0.1) is 12.1 Å². The second-order valence-electron chi connectivity index (χ2n) is 5.10. The average Bonchev–Trinajstić information content (AvgIpc) is 3.09. The van der Waals surface area contributed by atoms with Crippen molar-refractivity contribution < 1.29 is 13.8 Å². The number of rotatable bonds is 4. The molecule has 2 aromatic heterocycles. The molecule has 3 rings (SSSR count). The van der Waals surface area contributed by atoms with Gasteiger partial charge in [0.15, 0.2) is 11.6 Å². The predicted molar refractivity (Wildman–Crippen MR) is 80.2 cm³/mol. The van der Waals surface area contributed by atoms with Crippen LogP contribution in [0.2, 0.25) is 0 Å². The molecular formula is C16H15N3O3. The largest absolute Gasteiger partial charge is 0.360 e. The summed E-state index contributed by atoms with van der Waals surface area (Å²) < 4.78 is 10.2. The molecule has 0 aliphatic carbocycles. The fourth-order valence-corrected chi connectivity index (χ4v) is 2.03. The van der Waals surface area contributed by atoms with Gasteiger partial charge in [0.2, 0.25) is 5.91 Å². The van der Waals surface area contributed by atoms with Gasteiger partial charge in [-0.15, -0.1) is 0 Å². The minimum absolute atomic E-state index is 0.112. The summed E-state index contributed by atoms with van der Waals surface area (Å²) in [5.74, 6) is 1.44. The Hall–Kier alpha value is -2.89. The molecule has 0 spiro atoms. The van der Waals surface area contributed by atoms with Crippen molar-refractivity contribution in [2.45, 2.75) is 20.3 Å². The Labute approximate surface area is 127 Å². The highest BCUT2D eigenvalue weighted by molar-refractivity contribution is 5.91. The molecule has 1 aromatic carbocycles. The third-order valence-corrected chi connectivity index (χ3v) is 3.13. The number of carbonyl (C=O) groups excluding carboxylic acids is 1. The van der Waals surface area contributed by atoms with Crippen LogP contribution < -0.4 is 5.32 Å². The molecule has 2 heterocycles. The third kappa shape index (κ3) is 3.22. The zero-order valence-corrected chi connectivity index (χ0v) is 12.3. The fourth-order valence-electron chi connectivity index (χ4n) is 2.03. The quantitative estimate of drug-likeness (QED) is 0.800. The topological polar surface area (TPSA) is 81.2 Å². The molecule has 22 heavy (non-hydrogen) atoms. The van der Waals surface area contributed by atoms with E-state index in [1.54, 1.807) is 19.1 Å². The summed E-state index contributed by atoms with van der Waals surface area (Å²) in [5.41, 5.74) is 2.66. The first-order chi connectivity index (χ1) is 10.6. The van der Waals surface area contributed by atoms with Crippen LogP contribution in [0, 0.1) is 13.8 Å². The molecule has 112 valence electrons. The third-order valence-electron chi connectivity index (χ3n) is 3.13. The first-order valence-electron chi connectivity index (χ1n) is 6.86. The molecule has 3 aromatic rings.